The number of ether oxygens (including phenoxy) is 1. The van der Waals surface area contributed by atoms with Gasteiger partial charge in [-0.3, -0.25) is 4.98 Å². The Morgan fingerprint density at radius 2 is 2.11 bits per heavy atom. The Labute approximate surface area is 113 Å². The molecule has 1 aromatic heterocycles. The lowest BCUT2D eigenvalue weighted by Gasteiger charge is -2.27. The van der Waals surface area contributed by atoms with Crippen LogP contribution >= 0.6 is 0 Å². The van der Waals surface area contributed by atoms with Gasteiger partial charge in [0.25, 0.3) is 0 Å². The quantitative estimate of drug-likeness (QED) is 0.914. The van der Waals surface area contributed by atoms with Crippen molar-refractivity contribution in [2.24, 2.45) is 0 Å². The largest absolute Gasteiger partial charge is 0.493 e. The zero-order chi connectivity index (χ0) is 13.1. The van der Waals surface area contributed by atoms with E-state index in [2.05, 4.69) is 28.5 Å². The van der Waals surface area contributed by atoms with E-state index >= 15 is 0 Å². The summed E-state index contributed by atoms with van der Waals surface area (Å²) < 4.78 is 5.94. The molecule has 0 saturated heterocycles. The van der Waals surface area contributed by atoms with Crippen LogP contribution in [0, 0.1) is 0 Å². The van der Waals surface area contributed by atoms with E-state index < -0.39 is 0 Å². The summed E-state index contributed by atoms with van der Waals surface area (Å²) in [6.07, 6.45) is 4.72. The second-order valence-electron chi connectivity index (χ2n) is 4.85. The smallest absolute Gasteiger partial charge is 0.130 e. The molecule has 98 valence electrons. The molecule has 3 nitrogen and oxygen atoms in total. The van der Waals surface area contributed by atoms with E-state index in [1.165, 1.54) is 11.1 Å². The second-order valence-corrected chi connectivity index (χ2v) is 4.85. The molecule has 1 atom stereocenters. The number of para-hydroxylation sites is 1. The predicted molar refractivity (Wildman–Crippen MR) is 76.5 cm³/mol. The van der Waals surface area contributed by atoms with Crippen molar-refractivity contribution < 1.29 is 4.74 Å². The summed E-state index contributed by atoms with van der Waals surface area (Å²) in [5.41, 5.74) is 3.65. The maximum atomic E-state index is 5.94. The number of nitrogens with zero attached hydrogens (tertiary/aromatic N) is 1. The molecule has 0 bridgehead atoms. The van der Waals surface area contributed by atoms with Crippen molar-refractivity contribution in [2.75, 3.05) is 20.2 Å². The van der Waals surface area contributed by atoms with Crippen molar-refractivity contribution in [1.82, 2.24) is 10.3 Å². The summed E-state index contributed by atoms with van der Waals surface area (Å²) in [5, 5.41) is 3.27. The van der Waals surface area contributed by atoms with Crippen LogP contribution < -0.4 is 10.1 Å². The molecule has 0 radical (unpaired) electrons. The third-order valence-corrected chi connectivity index (χ3v) is 3.64. The Bertz CT molecular complexity index is 554. The minimum Gasteiger partial charge on any atom is -0.493 e. The minimum absolute atomic E-state index is 0.538. The number of rotatable bonds is 3. The zero-order valence-corrected chi connectivity index (χ0v) is 11.1. The Balaban J connectivity index is 2.06. The lowest BCUT2D eigenvalue weighted by molar-refractivity contribution is 0.267. The van der Waals surface area contributed by atoms with Gasteiger partial charge < -0.3 is 10.1 Å². The highest BCUT2D eigenvalue weighted by Gasteiger charge is 2.23. The van der Waals surface area contributed by atoms with E-state index in [4.69, 9.17) is 4.74 Å². The van der Waals surface area contributed by atoms with Crippen molar-refractivity contribution in [3.8, 4) is 16.9 Å². The van der Waals surface area contributed by atoms with Gasteiger partial charge in [0.15, 0.2) is 0 Å². The maximum Gasteiger partial charge on any atom is 0.130 e. The summed E-state index contributed by atoms with van der Waals surface area (Å²) in [7, 11) is 2.00. The minimum atomic E-state index is 0.538. The lowest BCUT2D eigenvalue weighted by atomic mass is 9.90. The fourth-order valence-electron chi connectivity index (χ4n) is 2.71. The molecular weight excluding hydrogens is 236 g/mol. The average Bonchev–Trinajstić information content (AvgIpc) is 2.48. The number of aromatic nitrogens is 1. The molecule has 1 aromatic carbocycles. The fraction of sp³-hybridized carbons (Fsp3) is 0.312. The van der Waals surface area contributed by atoms with Crippen molar-refractivity contribution in [3.63, 3.8) is 0 Å². The highest BCUT2D eigenvalue weighted by atomic mass is 16.5. The molecule has 3 heteroatoms. The van der Waals surface area contributed by atoms with E-state index in [0.717, 1.165) is 30.9 Å². The monoisotopic (exact) mass is 254 g/mol. The molecule has 0 spiro atoms. The normalized spacial score (nSPS) is 17.6. The Morgan fingerprint density at radius 3 is 2.89 bits per heavy atom. The molecule has 0 aliphatic carbocycles. The Kier molecular flexibility index (Phi) is 3.47. The summed E-state index contributed by atoms with van der Waals surface area (Å²) in [5.74, 6) is 1.58. The molecule has 3 rings (SSSR count). The van der Waals surface area contributed by atoms with E-state index in [1.807, 2.05) is 31.6 Å². The van der Waals surface area contributed by atoms with Gasteiger partial charge in [-0.25, -0.2) is 0 Å². The summed E-state index contributed by atoms with van der Waals surface area (Å²) in [4.78, 5) is 4.08. The van der Waals surface area contributed by atoms with Gasteiger partial charge in [-0.2, -0.15) is 0 Å². The zero-order valence-electron chi connectivity index (χ0n) is 11.1. The van der Waals surface area contributed by atoms with Crippen LogP contribution in [-0.2, 0) is 0 Å². The number of likely N-dealkylation sites (N-methyl/N-ethyl adjacent to an activating group) is 1. The van der Waals surface area contributed by atoms with Gasteiger partial charge in [-0.05, 0) is 36.7 Å². The number of pyridine rings is 1. The van der Waals surface area contributed by atoms with Gasteiger partial charge in [0.1, 0.15) is 5.75 Å². The molecule has 19 heavy (non-hydrogen) atoms. The molecule has 1 unspecified atom stereocenters. The molecule has 1 aliphatic rings. The number of fused-ring (bicyclic) bond motifs is 1. The van der Waals surface area contributed by atoms with Crippen LogP contribution in [-0.4, -0.2) is 25.2 Å². The van der Waals surface area contributed by atoms with Gasteiger partial charge in [-0.1, -0.05) is 18.2 Å². The summed E-state index contributed by atoms with van der Waals surface area (Å²) >= 11 is 0. The number of hydrogen-bond acceptors (Lipinski definition) is 3. The molecule has 0 amide bonds. The van der Waals surface area contributed by atoms with Crippen LogP contribution in [0.3, 0.4) is 0 Å². The standard InChI is InChI=1S/C16H18N2O/c1-17-11-13-7-10-19-16-14(3-2-4-15(13)16)12-5-8-18-9-6-12/h2-6,8-9,13,17H,7,10-11H2,1H3. The van der Waals surface area contributed by atoms with Crippen LogP contribution in [0.15, 0.2) is 42.7 Å². The first-order chi connectivity index (χ1) is 9.40. The van der Waals surface area contributed by atoms with Crippen LogP contribution in [0.25, 0.3) is 11.1 Å². The Morgan fingerprint density at radius 1 is 1.26 bits per heavy atom. The number of nitrogens with one attached hydrogen (secondary N) is 1. The van der Waals surface area contributed by atoms with Crippen molar-refractivity contribution >= 4 is 0 Å². The summed E-state index contributed by atoms with van der Waals surface area (Å²) in [6.45, 7) is 1.79. The van der Waals surface area contributed by atoms with E-state index in [1.54, 1.807) is 0 Å². The SMILES string of the molecule is CNCC1CCOc2c(-c3ccncc3)cccc21. The molecular formula is C16H18N2O. The molecule has 1 aliphatic heterocycles. The highest BCUT2D eigenvalue weighted by molar-refractivity contribution is 5.72. The van der Waals surface area contributed by atoms with Gasteiger partial charge in [-0.15, -0.1) is 0 Å². The van der Waals surface area contributed by atoms with Gasteiger partial charge in [0.05, 0.1) is 6.61 Å². The first kappa shape index (κ1) is 12.2. The molecule has 0 saturated carbocycles. The lowest BCUT2D eigenvalue weighted by Crippen LogP contribution is -2.23. The van der Waals surface area contributed by atoms with Crippen molar-refractivity contribution in [1.29, 1.82) is 0 Å². The molecule has 1 N–H and O–H groups in total. The van der Waals surface area contributed by atoms with Gasteiger partial charge >= 0.3 is 0 Å². The van der Waals surface area contributed by atoms with Crippen molar-refractivity contribution in [2.45, 2.75) is 12.3 Å². The van der Waals surface area contributed by atoms with Crippen LogP contribution in [0.1, 0.15) is 17.9 Å². The number of benzene rings is 1. The highest BCUT2D eigenvalue weighted by Crippen LogP contribution is 2.40. The second kappa shape index (κ2) is 5.41. The topological polar surface area (TPSA) is 34.1 Å². The average molecular weight is 254 g/mol. The van der Waals surface area contributed by atoms with Crippen molar-refractivity contribution in [3.05, 3.63) is 48.3 Å². The van der Waals surface area contributed by atoms with Crippen LogP contribution in [0.2, 0.25) is 0 Å². The van der Waals surface area contributed by atoms with Gasteiger partial charge in [0, 0.05) is 30.4 Å². The van der Waals surface area contributed by atoms with E-state index in [0.29, 0.717) is 5.92 Å². The fourth-order valence-corrected chi connectivity index (χ4v) is 2.71. The summed E-state index contributed by atoms with van der Waals surface area (Å²) in [6, 6.07) is 10.5. The third kappa shape index (κ3) is 2.34. The molecule has 0 fully saturated rings. The maximum absolute atomic E-state index is 5.94. The van der Waals surface area contributed by atoms with Gasteiger partial charge in [0.2, 0.25) is 0 Å². The van der Waals surface area contributed by atoms with E-state index in [9.17, 15) is 0 Å². The van der Waals surface area contributed by atoms with Crippen LogP contribution in [0.5, 0.6) is 5.75 Å². The molecule has 2 aromatic rings. The number of hydrogen-bond donors (Lipinski definition) is 1. The first-order valence-electron chi connectivity index (χ1n) is 6.71. The van der Waals surface area contributed by atoms with Crippen LogP contribution in [0.4, 0.5) is 0 Å². The molecule has 2 heterocycles. The first-order valence-corrected chi connectivity index (χ1v) is 6.71. The Hall–Kier alpha value is -1.87. The third-order valence-electron chi connectivity index (χ3n) is 3.64. The predicted octanol–water partition coefficient (Wildman–Crippen LogP) is 2.83. The van der Waals surface area contributed by atoms with E-state index in [-0.39, 0.29) is 0 Å².